The highest BCUT2D eigenvalue weighted by Gasteiger charge is 2.40. The number of hydrogen-bond acceptors (Lipinski definition) is 1. The minimum Gasteiger partial charge on any atom is -0.313 e. The number of hydrogen-bond donors (Lipinski definition) is 1. The first-order valence-electron chi connectivity index (χ1n) is 8.59. The molecule has 4 rings (SSSR count). The fourth-order valence-corrected chi connectivity index (χ4v) is 4.43. The molecule has 6 heteroatoms. The van der Waals surface area contributed by atoms with Crippen LogP contribution in [0.5, 0.6) is 0 Å². The van der Waals surface area contributed by atoms with Gasteiger partial charge in [0.1, 0.15) is 5.82 Å². The van der Waals surface area contributed by atoms with Gasteiger partial charge in [0.2, 0.25) is 0 Å². The molecular formula is C20H20ClF4N. The van der Waals surface area contributed by atoms with E-state index in [0.717, 1.165) is 36.1 Å². The maximum absolute atomic E-state index is 13.4. The van der Waals surface area contributed by atoms with Gasteiger partial charge in [0, 0.05) is 18.5 Å². The number of aryl methyl sites for hydroxylation is 1. The third-order valence-corrected chi connectivity index (χ3v) is 5.60. The van der Waals surface area contributed by atoms with Crippen molar-refractivity contribution in [2.45, 2.75) is 37.4 Å². The summed E-state index contributed by atoms with van der Waals surface area (Å²) < 4.78 is 52.2. The van der Waals surface area contributed by atoms with Crippen LogP contribution >= 0.6 is 12.4 Å². The zero-order valence-corrected chi connectivity index (χ0v) is 14.8. The summed E-state index contributed by atoms with van der Waals surface area (Å²) in [6.07, 6.45) is -2.01. The predicted octanol–water partition coefficient (Wildman–Crippen LogP) is 5.13. The summed E-state index contributed by atoms with van der Waals surface area (Å²) in [6.45, 7) is 0.767. The van der Waals surface area contributed by atoms with E-state index in [1.165, 1.54) is 18.2 Å². The molecule has 26 heavy (non-hydrogen) atoms. The second-order valence-corrected chi connectivity index (χ2v) is 7.07. The molecule has 0 radical (unpaired) electrons. The van der Waals surface area contributed by atoms with Crippen LogP contribution in [-0.2, 0) is 19.0 Å². The molecule has 3 atom stereocenters. The van der Waals surface area contributed by atoms with Gasteiger partial charge in [-0.05, 0) is 66.1 Å². The Hall–Kier alpha value is -1.59. The maximum atomic E-state index is 13.4. The van der Waals surface area contributed by atoms with Crippen LogP contribution < -0.4 is 5.32 Å². The van der Waals surface area contributed by atoms with Crippen molar-refractivity contribution in [3.63, 3.8) is 0 Å². The van der Waals surface area contributed by atoms with E-state index in [1.54, 1.807) is 18.2 Å². The first-order valence-corrected chi connectivity index (χ1v) is 8.59. The molecule has 3 unspecified atom stereocenters. The summed E-state index contributed by atoms with van der Waals surface area (Å²) in [5, 5.41) is 3.51. The highest BCUT2D eigenvalue weighted by Crippen LogP contribution is 2.43. The van der Waals surface area contributed by atoms with Crippen molar-refractivity contribution in [2.24, 2.45) is 5.92 Å². The SMILES string of the molecule is Cl.Fc1cccc(CC2NCC3c4ccc(C(F)(F)F)cc4CCC23)c1. The highest BCUT2D eigenvalue weighted by atomic mass is 35.5. The number of benzene rings is 2. The topological polar surface area (TPSA) is 12.0 Å². The van der Waals surface area contributed by atoms with Crippen LogP contribution in [0.15, 0.2) is 42.5 Å². The molecule has 0 saturated carbocycles. The number of fused-ring (bicyclic) bond motifs is 3. The van der Waals surface area contributed by atoms with Crippen LogP contribution in [0.25, 0.3) is 0 Å². The van der Waals surface area contributed by atoms with Gasteiger partial charge in [-0.1, -0.05) is 18.2 Å². The van der Waals surface area contributed by atoms with E-state index in [9.17, 15) is 17.6 Å². The lowest BCUT2D eigenvalue weighted by atomic mass is 9.73. The van der Waals surface area contributed by atoms with Crippen molar-refractivity contribution in [2.75, 3.05) is 6.54 Å². The van der Waals surface area contributed by atoms with E-state index < -0.39 is 11.7 Å². The van der Waals surface area contributed by atoms with E-state index in [4.69, 9.17) is 0 Å². The third kappa shape index (κ3) is 3.60. The van der Waals surface area contributed by atoms with Crippen LogP contribution in [0.1, 0.15) is 34.6 Å². The van der Waals surface area contributed by atoms with Gasteiger partial charge >= 0.3 is 6.18 Å². The average molecular weight is 386 g/mol. The van der Waals surface area contributed by atoms with Crippen LogP contribution in [0.2, 0.25) is 0 Å². The summed E-state index contributed by atoms with van der Waals surface area (Å²) in [5.41, 5.74) is 2.26. The first kappa shape index (κ1) is 19.2. The van der Waals surface area contributed by atoms with Crippen LogP contribution in [0, 0.1) is 11.7 Å². The van der Waals surface area contributed by atoms with Gasteiger partial charge < -0.3 is 5.32 Å². The van der Waals surface area contributed by atoms with E-state index in [-0.39, 0.29) is 30.2 Å². The van der Waals surface area contributed by atoms with Crippen molar-refractivity contribution >= 4 is 12.4 Å². The zero-order valence-electron chi connectivity index (χ0n) is 14.0. The summed E-state index contributed by atoms with van der Waals surface area (Å²) >= 11 is 0. The van der Waals surface area contributed by atoms with Crippen molar-refractivity contribution in [3.8, 4) is 0 Å². The number of halogens is 5. The fraction of sp³-hybridized carbons (Fsp3) is 0.400. The Bertz CT molecular complexity index is 790. The molecule has 0 amide bonds. The molecule has 1 nitrogen and oxygen atoms in total. The van der Waals surface area contributed by atoms with Crippen molar-refractivity contribution in [1.29, 1.82) is 0 Å². The van der Waals surface area contributed by atoms with Crippen molar-refractivity contribution < 1.29 is 17.6 Å². The minimum atomic E-state index is -4.29. The van der Waals surface area contributed by atoms with Gasteiger partial charge in [-0.3, -0.25) is 0 Å². The third-order valence-electron chi connectivity index (χ3n) is 5.60. The first-order chi connectivity index (χ1) is 11.9. The van der Waals surface area contributed by atoms with Gasteiger partial charge in [0.05, 0.1) is 5.56 Å². The molecule has 140 valence electrons. The molecule has 1 N–H and O–H groups in total. The number of alkyl halides is 3. The van der Waals surface area contributed by atoms with Gasteiger partial charge in [-0.15, -0.1) is 12.4 Å². The van der Waals surface area contributed by atoms with E-state index >= 15 is 0 Å². The van der Waals surface area contributed by atoms with Gasteiger partial charge in [-0.2, -0.15) is 13.2 Å². The molecule has 1 aliphatic carbocycles. The molecule has 1 fully saturated rings. The summed E-state index contributed by atoms with van der Waals surface area (Å²) in [6, 6.07) is 11.0. The molecule has 2 aromatic rings. The molecule has 1 saturated heterocycles. The standard InChI is InChI=1S/C20H19F4N.ClH/c21-15-3-1-2-12(8-15)9-19-17-6-4-13-10-14(20(22,23)24)5-7-16(13)18(17)11-25-19;/h1-3,5,7-8,10,17-19,25H,4,6,9,11H2;1H. The molecule has 2 aromatic carbocycles. The quantitative estimate of drug-likeness (QED) is 0.707. The Morgan fingerprint density at radius 3 is 2.62 bits per heavy atom. The average Bonchev–Trinajstić information content (AvgIpc) is 2.97. The normalized spacial score (nSPS) is 24.5. The smallest absolute Gasteiger partial charge is 0.313 e. The molecule has 2 aliphatic rings. The molecule has 1 aliphatic heterocycles. The molecule has 0 bridgehead atoms. The Labute approximate surface area is 156 Å². The fourth-order valence-electron chi connectivity index (χ4n) is 4.43. The predicted molar refractivity (Wildman–Crippen MR) is 95.1 cm³/mol. The van der Waals surface area contributed by atoms with E-state index in [1.807, 2.05) is 6.07 Å². The molecular weight excluding hydrogens is 366 g/mol. The Morgan fingerprint density at radius 1 is 1.08 bits per heavy atom. The lowest BCUT2D eigenvalue weighted by molar-refractivity contribution is -0.137. The minimum absolute atomic E-state index is 0. The van der Waals surface area contributed by atoms with E-state index in [2.05, 4.69) is 5.32 Å². The maximum Gasteiger partial charge on any atom is 0.416 e. The number of nitrogens with one attached hydrogen (secondary N) is 1. The monoisotopic (exact) mass is 385 g/mol. The second kappa shape index (κ2) is 7.20. The molecule has 0 aromatic heterocycles. The van der Waals surface area contributed by atoms with Crippen LogP contribution in [0.3, 0.4) is 0 Å². The molecule has 1 heterocycles. The summed E-state index contributed by atoms with van der Waals surface area (Å²) in [5.74, 6) is 0.387. The van der Waals surface area contributed by atoms with Crippen molar-refractivity contribution in [1.82, 2.24) is 5.32 Å². The zero-order chi connectivity index (χ0) is 17.6. The lowest BCUT2D eigenvalue weighted by Crippen LogP contribution is -2.31. The van der Waals surface area contributed by atoms with Crippen molar-refractivity contribution in [3.05, 3.63) is 70.5 Å². The Kier molecular flexibility index (Phi) is 5.31. The van der Waals surface area contributed by atoms with Gasteiger partial charge in [0.15, 0.2) is 0 Å². The Balaban J connectivity index is 0.00000196. The Morgan fingerprint density at radius 2 is 1.88 bits per heavy atom. The number of rotatable bonds is 2. The lowest BCUT2D eigenvalue weighted by Gasteiger charge is -2.31. The highest BCUT2D eigenvalue weighted by molar-refractivity contribution is 5.85. The second-order valence-electron chi connectivity index (χ2n) is 7.07. The summed E-state index contributed by atoms with van der Waals surface area (Å²) in [7, 11) is 0. The van der Waals surface area contributed by atoms with Crippen LogP contribution in [0.4, 0.5) is 17.6 Å². The molecule has 0 spiro atoms. The van der Waals surface area contributed by atoms with Crippen LogP contribution in [-0.4, -0.2) is 12.6 Å². The largest absolute Gasteiger partial charge is 0.416 e. The van der Waals surface area contributed by atoms with E-state index in [0.29, 0.717) is 12.3 Å². The van der Waals surface area contributed by atoms with Gasteiger partial charge in [0.25, 0.3) is 0 Å². The van der Waals surface area contributed by atoms with Gasteiger partial charge in [-0.25, -0.2) is 4.39 Å². The summed E-state index contributed by atoms with van der Waals surface area (Å²) in [4.78, 5) is 0.